The largest absolute Gasteiger partial charge is 0.475 e. The molecule has 0 aliphatic carbocycles. The van der Waals surface area contributed by atoms with Gasteiger partial charge in [-0.05, 0) is 105 Å². The first-order valence-electron chi connectivity index (χ1n) is 48.3. The van der Waals surface area contributed by atoms with Crippen molar-refractivity contribution in [2.75, 3.05) is 26.4 Å². The number of nitrogens with zero attached hydrogens (tertiary/aromatic N) is 6. The molecular formula is C97H148N8O29P2Si2. The number of benzene rings is 4. The van der Waals surface area contributed by atoms with Crippen LogP contribution in [0, 0.1) is 29.6 Å². The van der Waals surface area contributed by atoms with E-state index in [2.05, 4.69) is 72.2 Å². The fourth-order valence-corrected chi connectivity index (χ4v) is 20.7. The Hall–Kier alpha value is -7.47. The Morgan fingerprint density at radius 2 is 0.797 bits per heavy atom. The average molecular weight is 2010 g/mol. The van der Waals surface area contributed by atoms with Gasteiger partial charge in [0, 0.05) is 53.3 Å². The Labute approximate surface area is 814 Å². The zero-order chi connectivity index (χ0) is 101. The van der Waals surface area contributed by atoms with Crippen molar-refractivity contribution in [1.82, 2.24) is 10.6 Å². The lowest BCUT2D eigenvalue weighted by atomic mass is 9.88. The summed E-state index contributed by atoms with van der Waals surface area (Å²) in [6.07, 6.45) is -14.1. The molecule has 4 aromatic rings. The lowest BCUT2D eigenvalue weighted by Gasteiger charge is -2.48. The maximum absolute atomic E-state index is 14.5. The number of fused-ring (bicyclic) bond motifs is 2. The molecule has 0 saturated carbocycles. The number of azide groups is 2. The van der Waals surface area contributed by atoms with Gasteiger partial charge in [0.15, 0.2) is 41.8 Å². The van der Waals surface area contributed by atoms with Crippen molar-refractivity contribution >= 4 is 68.0 Å². The number of hydrogen-bond acceptors (Lipinski definition) is 31. The molecule has 2 amide bonds. The Kier molecular flexibility index (Phi) is 44.0. The van der Waals surface area contributed by atoms with Gasteiger partial charge in [0.2, 0.25) is 11.8 Å². The van der Waals surface area contributed by atoms with Crippen LogP contribution in [0.4, 0.5) is 0 Å². The van der Waals surface area contributed by atoms with E-state index in [1.54, 1.807) is 27.7 Å². The van der Waals surface area contributed by atoms with Crippen LogP contribution >= 0.6 is 15.6 Å². The van der Waals surface area contributed by atoms with Gasteiger partial charge in [-0.25, -0.2) is 9.13 Å². The van der Waals surface area contributed by atoms with Gasteiger partial charge in [-0.1, -0.05) is 250 Å². The van der Waals surface area contributed by atoms with Crippen LogP contribution in [-0.4, -0.2) is 200 Å². The topological polar surface area (TPSA) is 463 Å². The van der Waals surface area contributed by atoms with Crippen molar-refractivity contribution in [3.05, 3.63) is 163 Å². The minimum absolute atomic E-state index is 0.0282. The number of aliphatic hydroxyl groups is 1. The lowest BCUT2D eigenvalue weighted by molar-refractivity contribution is -0.290. The second-order valence-corrected chi connectivity index (χ2v) is 52.2. The van der Waals surface area contributed by atoms with E-state index < -0.39 is 202 Å². The van der Waals surface area contributed by atoms with Gasteiger partial charge in [-0.15, -0.1) is 0 Å². The van der Waals surface area contributed by atoms with Gasteiger partial charge in [0.1, 0.15) is 73.1 Å². The molecule has 10 unspecified atom stereocenters. The highest BCUT2D eigenvalue weighted by Crippen LogP contribution is 2.58. The molecule has 4 saturated heterocycles. The van der Waals surface area contributed by atoms with Crippen molar-refractivity contribution < 1.29 is 136 Å². The zero-order valence-corrected chi connectivity index (χ0v) is 87.6. The first-order chi connectivity index (χ1) is 65.4. The molecular weight excluding hydrogens is 1860 g/mol. The quantitative estimate of drug-likeness (QED) is 0.00704. The highest BCUT2D eigenvalue weighted by atomic mass is 31.2. The summed E-state index contributed by atoms with van der Waals surface area (Å²) in [5.74, 6) is -4.77. The Balaban J connectivity index is 0.000000309. The summed E-state index contributed by atoms with van der Waals surface area (Å²) >= 11 is 0. The molecule has 6 heterocycles. The number of carbonyl (C=O) groups excluding carboxylic acids is 6. The predicted molar refractivity (Wildman–Crippen MR) is 514 cm³/mol. The SMILES string of the molecule is CCC(=O)O[C@H](CC)CC(=O)NC1[C@H](OCC2OC(O[Si](C)(C)C(C)(C)C)C(N=[N+]=[N-])[C@@H](OC(=O)C[C@H](C)CC)[C@@H]2C)OC(COCc2ccccc2)[C@@H](OP2(=O)OCc3ccccc3CO2)[C@@H]1C.CCC(=O)O[C@H](CC)CC(=O)NC1[C@H](OCC2OC(O[Si](C)(C)C(C)(C)C)C(N=[N+]=[N-])[C@@H](OC(=O)C[C@H](C)CC)[C@@H]2C)OC(COCc2ccccc2)[C@@H](OP2(=O)OCc3ccccc3CO2)[C@@H]1O. The van der Waals surface area contributed by atoms with Gasteiger partial charge >= 0.3 is 39.5 Å². The summed E-state index contributed by atoms with van der Waals surface area (Å²) in [6, 6.07) is 29.2. The van der Waals surface area contributed by atoms with E-state index in [4.69, 9.17) is 92.8 Å². The third-order valence-corrected chi connectivity index (χ3v) is 38.7. The molecule has 0 spiro atoms. The average Bonchev–Trinajstić information content (AvgIpc) is 1.68. The molecule has 0 bridgehead atoms. The van der Waals surface area contributed by atoms with Crippen molar-refractivity contribution in [1.29, 1.82) is 0 Å². The second kappa shape index (κ2) is 53.2. The molecule has 6 aliphatic heterocycles. The van der Waals surface area contributed by atoms with Crippen LogP contribution in [0.2, 0.25) is 36.3 Å². The molecule has 10 rings (SSSR count). The van der Waals surface area contributed by atoms with E-state index in [1.165, 1.54) is 0 Å². The van der Waals surface area contributed by atoms with E-state index in [0.717, 1.165) is 46.2 Å². The third kappa shape index (κ3) is 32.8. The summed E-state index contributed by atoms with van der Waals surface area (Å²) in [5.41, 5.74) is 24.4. The van der Waals surface area contributed by atoms with E-state index in [-0.39, 0.29) is 127 Å². The minimum atomic E-state index is -4.44. The van der Waals surface area contributed by atoms with Gasteiger partial charge < -0.3 is 81.4 Å². The number of ether oxygens (including phenoxy) is 12. The van der Waals surface area contributed by atoms with E-state index >= 15 is 0 Å². The Morgan fingerprint density at radius 3 is 1.14 bits per heavy atom. The van der Waals surface area contributed by atoms with Crippen molar-refractivity contribution in [2.24, 2.45) is 39.8 Å². The van der Waals surface area contributed by atoms with E-state index in [0.29, 0.717) is 12.8 Å². The Bertz CT molecular complexity index is 4410. The monoisotopic (exact) mass is 2010 g/mol. The van der Waals surface area contributed by atoms with Crippen LogP contribution in [0.3, 0.4) is 0 Å². The number of phosphoric ester groups is 2. The molecule has 3 N–H and O–H groups in total. The smallest absolute Gasteiger partial charge is 0.462 e. The molecule has 4 aromatic carbocycles. The number of amides is 2. The van der Waals surface area contributed by atoms with Crippen LogP contribution in [0.1, 0.15) is 215 Å². The van der Waals surface area contributed by atoms with Crippen molar-refractivity contribution in [2.45, 2.75) is 374 Å². The first kappa shape index (κ1) is 114. The van der Waals surface area contributed by atoms with Gasteiger partial charge in [0.05, 0.1) is 97.2 Å². The fourth-order valence-electron chi connectivity index (χ4n) is 15.7. The lowest BCUT2D eigenvalue weighted by Crippen LogP contribution is -2.66. The van der Waals surface area contributed by atoms with Crippen LogP contribution in [0.25, 0.3) is 20.9 Å². The van der Waals surface area contributed by atoms with Crippen molar-refractivity contribution in [3.63, 3.8) is 0 Å². The summed E-state index contributed by atoms with van der Waals surface area (Å²) in [4.78, 5) is 85.7. The van der Waals surface area contributed by atoms with Crippen LogP contribution < -0.4 is 10.6 Å². The molecule has 41 heteroatoms. The number of carbonyl (C=O) groups is 6. The first-order valence-corrected chi connectivity index (χ1v) is 57.0. The summed E-state index contributed by atoms with van der Waals surface area (Å²) in [6.45, 7) is 40.1. The molecule has 6 aliphatic rings. The molecule has 768 valence electrons. The second-order valence-electron chi connectivity index (χ2n) is 39.4. The molecule has 37 nitrogen and oxygen atoms in total. The normalized spacial score (nSPS) is 27.9. The molecule has 0 radical (unpaired) electrons. The van der Waals surface area contributed by atoms with Crippen molar-refractivity contribution in [3.8, 4) is 0 Å². The van der Waals surface area contributed by atoms with Crippen LogP contribution in [0.15, 0.2) is 119 Å². The maximum atomic E-state index is 14.5. The molecule has 138 heavy (non-hydrogen) atoms. The highest BCUT2D eigenvalue weighted by Gasteiger charge is 2.57. The number of nitrogens with one attached hydrogen (secondary N) is 2. The number of hydrogen-bond donors (Lipinski definition) is 3. The van der Waals surface area contributed by atoms with Gasteiger partial charge in [-0.3, -0.25) is 55.9 Å². The predicted octanol–water partition coefficient (Wildman–Crippen LogP) is 18.4. The minimum Gasteiger partial charge on any atom is -0.462 e. The van der Waals surface area contributed by atoms with Crippen LogP contribution in [-0.2, 0) is 170 Å². The zero-order valence-electron chi connectivity index (χ0n) is 83.8. The number of aliphatic hydroxyl groups excluding tert-OH is 1. The third-order valence-electron chi connectivity index (χ3n) is 27.0. The summed E-state index contributed by atoms with van der Waals surface area (Å²) < 4.78 is 154. The molecule has 24 atom stereocenters. The van der Waals surface area contributed by atoms with Crippen LogP contribution in [0.5, 0.6) is 0 Å². The number of esters is 4. The standard InChI is InChI=1S/C49H75N4O14PSi.C48H73N4O15PSi/c1-12-31(4)24-42(56)65-46-32(5)38(63-48(44(46)52-53-50)67-69(10,11)49(7,8)9)30-59-47-43(51-40(54)25-37(13-2)62-41(55)14-3)33(6)45(39(64-47)29-58-26-34-20-16-15-17-21-34)66-68(57)60-27-35-22-18-19-23-36(35)28-61-68;1-11-30(4)23-40(55)65-44-31(5)36(63-47(42(44)51-52-49)67-69(9,10)48(6,7)8)29-59-46-41(50-38(53)24-35(12-2)62-39(54)13-3)43(56)45(37(64-46)28-58-25-32-19-15-14-16-20-32)66-68(57)60-26-33-21-17-18-22-34(33)27-61-68/h15-23,31-33,37-39,43-48H,12-14,24-30H2,1-11H3,(H,51,54);14-22,30-31,35-37,41-47,56H,11-13,23-29H2,1-10H3,(H,50,53)/t31-,32-,33-,37-,38?,39?,43?,44?,45+,46+,47-,48?;30-,31-,35-,36?,37?,41?,42?,43-,44+,45-,46-,47?/m11/s1. The van der Waals surface area contributed by atoms with Gasteiger partial charge in [-0.2, -0.15) is 0 Å². The van der Waals surface area contributed by atoms with Gasteiger partial charge in [0.25, 0.3) is 0 Å². The number of rotatable bonds is 44. The summed E-state index contributed by atoms with van der Waals surface area (Å²) in [5, 5.41) is 25.9. The maximum Gasteiger partial charge on any atom is 0.475 e. The van der Waals surface area contributed by atoms with E-state index in [9.17, 15) is 54.1 Å². The van der Waals surface area contributed by atoms with E-state index in [1.807, 2.05) is 184 Å². The summed E-state index contributed by atoms with van der Waals surface area (Å²) in [7, 11) is -14.0. The number of phosphoric acid groups is 2. The highest BCUT2D eigenvalue weighted by molar-refractivity contribution is 7.48. The molecule has 0 aromatic heterocycles. The molecule has 4 fully saturated rings. The fraction of sp³-hybridized carbons (Fsp3) is 0.691. The Morgan fingerprint density at radius 1 is 0.457 bits per heavy atom.